The number of halogens is 1. The molecule has 3 aromatic rings. The van der Waals surface area contributed by atoms with Gasteiger partial charge in [-0.15, -0.1) is 10.2 Å². The Labute approximate surface area is 138 Å². The molecule has 24 heavy (non-hydrogen) atoms. The summed E-state index contributed by atoms with van der Waals surface area (Å²) in [6.07, 6.45) is 1.75. The molecular formula is C17H19FN4O2. The highest BCUT2D eigenvalue weighted by Crippen LogP contribution is 2.34. The molecule has 6 nitrogen and oxygen atoms in total. The topological polar surface area (TPSA) is 82.7 Å². The van der Waals surface area contributed by atoms with Crippen molar-refractivity contribution in [3.63, 3.8) is 0 Å². The first-order valence-corrected chi connectivity index (χ1v) is 7.56. The minimum absolute atomic E-state index is 0.0193. The molecule has 2 aromatic heterocycles. The van der Waals surface area contributed by atoms with Crippen LogP contribution in [0.4, 0.5) is 10.3 Å². The molecule has 0 atom stereocenters. The second kappa shape index (κ2) is 5.76. The largest absolute Gasteiger partial charge is 0.507 e. The third-order valence-corrected chi connectivity index (χ3v) is 3.59. The molecule has 0 aliphatic heterocycles. The van der Waals surface area contributed by atoms with Crippen LogP contribution in [0.3, 0.4) is 0 Å². The van der Waals surface area contributed by atoms with Crippen molar-refractivity contribution < 1.29 is 14.6 Å². The van der Waals surface area contributed by atoms with E-state index in [0.717, 1.165) is 0 Å². The van der Waals surface area contributed by atoms with Crippen LogP contribution in [0.2, 0.25) is 0 Å². The Morgan fingerprint density at radius 3 is 2.71 bits per heavy atom. The quantitative estimate of drug-likeness (QED) is 0.685. The maximum absolute atomic E-state index is 14.4. The molecule has 0 fully saturated rings. The SMILES string of the molecule is Cc1cc(O)c(-c2nnc(NCC(C)(C)O)n3cccc23)c(F)c1. The van der Waals surface area contributed by atoms with Crippen LogP contribution in [-0.4, -0.2) is 37.0 Å². The van der Waals surface area contributed by atoms with Gasteiger partial charge in [0.25, 0.3) is 0 Å². The van der Waals surface area contributed by atoms with E-state index in [4.69, 9.17) is 0 Å². The van der Waals surface area contributed by atoms with Gasteiger partial charge in [-0.05, 0) is 50.6 Å². The normalized spacial score (nSPS) is 11.9. The Bertz CT molecular complexity index is 876. The fraction of sp³-hybridized carbons (Fsp3) is 0.294. The lowest BCUT2D eigenvalue weighted by molar-refractivity contribution is 0.0943. The summed E-state index contributed by atoms with van der Waals surface area (Å²) < 4.78 is 16.1. The number of fused-ring (bicyclic) bond motifs is 1. The molecule has 1 aromatic carbocycles. The van der Waals surface area contributed by atoms with Gasteiger partial charge in [-0.3, -0.25) is 4.40 Å². The van der Waals surface area contributed by atoms with Crippen LogP contribution in [0.15, 0.2) is 30.5 Å². The fourth-order valence-electron chi connectivity index (χ4n) is 2.51. The molecule has 0 aliphatic rings. The van der Waals surface area contributed by atoms with Crippen molar-refractivity contribution in [2.45, 2.75) is 26.4 Å². The summed E-state index contributed by atoms with van der Waals surface area (Å²) in [5.74, 6) is -0.308. The van der Waals surface area contributed by atoms with Crippen LogP contribution in [-0.2, 0) is 0 Å². The van der Waals surface area contributed by atoms with Gasteiger partial charge in [-0.2, -0.15) is 0 Å². The smallest absolute Gasteiger partial charge is 0.227 e. The molecule has 0 saturated carbocycles. The highest BCUT2D eigenvalue weighted by Gasteiger charge is 2.19. The number of phenolic OH excluding ortho intramolecular Hbond substituents is 1. The predicted molar refractivity (Wildman–Crippen MR) is 89.6 cm³/mol. The van der Waals surface area contributed by atoms with Crippen molar-refractivity contribution in [2.24, 2.45) is 0 Å². The number of aromatic hydroxyl groups is 1. The van der Waals surface area contributed by atoms with Gasteiger partial charge in [0.1, 0.15) is 17.3 Å². The Kier molecular flexibility index (Phi) is 3.88. The van der Waals surface area contributed by atoms with Crippen molar-refractivity contribution >= 4 is 11.5 Å². The van der Waals surface area contributed by atoms with E-state index in [9.17, 15) is 14.6 Å². The van der Waals surface area contributed by atoms with Gasteiger partial charge in [-0.1, -0.05) is 0 Å². The summed E-state index contributed by atoms with van der Waals surface area (Å²) >= 11 is 0. The second-order valence-corrected chi connectivity index (χ2v) is 6.44. The van der Waals surface area contributed by atoms with E-state index in [1.807, 2.05) is 0 Å². The summed E-state index contributed by atoms with van der Waals surface area (Å²) in [4.78, 5) is 0. The lowest BCUT2D eigenvalue weighted by Gasteiger charge is -2.18. The predicted octanol–water partition coefficient (Wildman–Crippen LogP) is 2.73. The fourth-order valence-corrected chi connectivity index (χ4v) is 2.51. The number of aliphatic hydroxyl groups is 1. The first-order valence-electron chi connectivity index (χ1n) is 7.56. The molecule has 0 spiro atoms. The van der Waals surface area contributed by atoms with E-state index in [0.29, 0.717) is 17.0 Å². The molecule has 7 heteroatoms. The van der Waals surface area contributed by atoms with Gasteiger partial charge in [0.15, 0.2) is 0 Å². The number of hydrogen-bond acceptors (Lipinski definition) is 5. The minimum Gasteiger partial charge on any atom is -0.507 e. The lowest BCUT2D eigenvalue weighted by Crippen LogP contribution is -2.30. The number of phenols is 1. The van der Waals surface area contributed by atoms with Crippen molar-refractivity contribution in [1.29, 1.82) is 0 Å². The van der Waals surface area contributed by atoms with Gasteiger partial charge in [0.05, 0.1) is 16.7 Å². The molecule has 0 radical (unpaired) electrons. The molecular weight excluding hydrogens is 311 g/mol. The van der Waals surface area contributed by atoms with E-state index in [1.54, 1.807) is 43.5 Å². The Hall–Kier alpha value is -2.67. The van der Waals surface area contributed by atoms with Crippen molar-refractivity contribution in [3.8, 4) is 17.0 Å². The van der Waals surface area contributed by atoms with E-state index in [-0.39, 0.29) is 23.6 Å². The Morgan fingerprint density at radius 1 is 1.29 bits per heavy atom. The molecule has 0 aliphatic carbocycles. The number of nitrogens with zero attached hydrogens (tertiary/aromatic N) is 3. The zero-order valence-corrected chi connectivity index (χ0v) is 13.7. The van der Waals surface area contributed by atoms with Gasteiger partial charge in [0, 0.05) is 12.7 Å². The van der Waals surface area contributed by atoms with Crippen LogP contribution in [0, 0.1) is 12.7 Å². The standard InChI is InChI=1S/C17H19FN4O2/c1-10-7-11(18)14(13(23)8-10)15-12-5-4-6-22(12)16(21-20-15)19-9-17(2,3)24/h4-8,23-24H,9H2,1-3H3,(H,19,21). The number of rotatable bonds is 4. The van der Waals surface area contributed by atoms with Crippen LogP contribution >= 0.6 is 0 Å². The third kappa shape index (κ3) is 3.03. The molecule has 0 amide bonds. The van der Waals surface area contributed by atoms with Crippen molar-refractivity contribution in [1.82, 2.24) is 14.6 Å². The maximum atomic E-state index is 14.4. The first-order chi connectivity index (χ1) is 11.3. The number of benzene rings is 1. The Balaban J connectivity index is 2.11. The summed E-state index contributed by atoms with van der Waals surface area (Å²) in [7, 11) is 0. The number of aromatic nitrogens is 3. The zero-order valence-electron chi connectivity index (χ0n) is 13.7. The average Bonchev–Trinajstić information content (AvgIpc) is 2.93. The van der Waals surface area contributed by atoms with Gasteiger partial charge >= 0.3 is 0 Å². The van der Waals surface area contributed by atoms with E-state index >= 15 is 0 Å². The number of aryl methyl sites for hydroxylation is 1. The number of nitrogens with one attached hydrogen (secondary N) is 1. The monoisotopic (exact) mass is 330 g/mol. The molecule has 0 unspecified atom stereocenters. The molecule has 0 saturated heterocycles. The van der Waals surface area contributed by atoms with Crippen LogP contribution in [0.1, 0.15) is 19.4 Å². The van der Waals surface area contributed by atoms with Crippen molar-refractivity contribution in [2.75, 3.05) is 11.9 Å². The summed E-state index contributed by atoms with van der Waals surface area (Å²) in [6, 6.07) is 6.37. The highest BCUT2D eigenvalue weighted by molar-refractivity contribution is 5.81. The number of hydrogen-bond donors (Lipinski definition) is 3. The molecule has 3 N–H and O–H groups in total. The van der Waals surface area contributed by atoms with Gasteiger partial charge in [-0.25, -0.2) is 4.39 Å². The second-order valence-electron chi connectivity index (χ2n) is 6.44. The van der Waals surface area contributed by atoms with E-state index in [1.165, 1.54) is 12.1 Å². The highest BCUT2D eigenvalue weighted by atomic mass is 19.1. The molecule has 0 bridgehead atoms. The Morgan fingerprint density at radius 2 is 2.04 bits per heavy atom. The van der Waals surface area contributed by atoms with E-state index in [2.05, 4.69) is 15.5 Å². The van der Waals surface area contributed by atoms with Crippen molar-refractivity contribution in [3.05, 3.63) is 41.8 Å². The zero-order chi connectivity index (χ0) is 17.5. The summed E-state index contributed by atoms with van der Waals surface area (Å²) in [5.41, 5.74) is 0.578. The van der Waals surface area contributed by atoms with Gasteiger partial charge < -0.3 is 15.5 Å². The van der Waals surface area contributed by atoms with Crippen LogP contribution in [0.25, 0.3) is 16.8 Å². The minimum atomic E-state index is -0.916. The first kappa shape index (κ1) is 16.2. The summed E-state index contributed by atoms with van der Waals surface area (Å²) in [6.45, 7) is 5.33. The van der Waals surface area contributed by atoms with Crippen LogP contribution in [0.5, 0.6) is 5.75 Å². The number of anilines is 1. The summed E-state index contributed by atoms with van der Waals surface area (Å²) in [5, 5.41) is 31.1. The maximum Gasteiger partial charge on any atom is 0.227 e. The third-order valence-electron chi connectivity index (χ3n) is 3.59. The molecule has 2 heterocycles. The van der Waals surface area contributed by atoms with Crippen LogP contribution < -0.4 is 5.32 Å². The van der Waals surface area contributed by atoms with E-state index < -0.39 is 11.4 Å². The molecule has 3 rings (SSSR count). The molecule has 126 valence electrons. The lowest BCUT2D eigenvalue weighted by atomic mass is 10.1. The average molecular weight is 330 g/mol. The van der Waals surface area contributed by atoms with Gasteiger partial charge in [0.2, 0.25) is 5.95 Å².